The van der Waals surface area contributed by atoms with E-state index in [0.717, 1.165) is 19.6 Å². The molecular weight excluding hydrogens is 370 g/mol. The fraction of sp³-hybridized carbons (Fsp3) is 0.688. The highest BCUT2D eigenvalue weighted by Crippen LogP contribution is 2.34. The molecular formula is C16H25N7O5. The van der Waals surface area contributed by atoms with E-state index in [2.05, 4.69) is 25.2 Å². The fourth-order valence-corrected chi connectivity index (χ4v) is 3.54. The van der Waals surface area contributed by atoms with Gasteiger partial charge in [-0.3, -0.25) is 9.47 Å². The van der Waals surface area contributed by atoms with Gasteiger partial charge in [0.25, 0.3) is 0 Å². The number of ether oxygens (including phenoxy) is 2. The molecule has 12 heteroatoms. The molecule has 4 atom stereocenters. The molecule has 0 spiro atoms. The highest BCUT2D eigenvalue weighted by atomic mass is 16.6. The highest BCUT2D eigenvalue weighted by Gasteiger charge is 2.45. The van der Waals surface area contributed by atoms with E-state index in [1.807, 2.05) is 0 Å². The molecule has 0 saturated carbocycles. The number of rotatable bonds is 6. The number of aliphatic hydroxyl groups excluding tert-OH is 3. The predicted octanol–water partition coefficient (Wildman–Crippen LogP) is -2.24. The van der Waals surface area contributed by atoms with Gasteiger partial charge < -0.3 is 35.8 Å². The molecule has 6 N–H and O–H groups in total. The van der Waals surface area contributed by atoms with E-state index in [9.17, 15) is 15.3 Å². The minimum atomic E-state index is -1.26. The zero-order chi connectivity index (χ0) is 19.7. The maximum Gasteiger partial charge on any atom is 0.207 e. The number of nitrogens with one attached hydrogen (secondary N) is 1. The van der Waals surface area contributed by atoms with Crippen LogP contribution in [0, 0.1) is 0 Å². The van der Waals surface area contributed by atoms with Gasteiger partial charge in [0.2, 0.25) is 5.95 Å². The number of nitrogen functional groups attached to an aromatic ring is 1. The van der Waals surface area contributed by atoms with Crippen molar-refractivity contribution in [2.45, 2.75) is 24.5 Å². The number of nitrogens with zero attached hydrogens (tertiary/aromatic N) is 5. The van der Waals surface area contributed by atoms with Crippen LogP contribution in [0.1, 0.15) is 6.23 Å². The predicted molar refractivity (Wildman–Crippen MR) is 98.5 cm³/mol. The summed E-state index contributed by atoms with van der Waals surface area (Å²) in [6.07, 6.45) is -3.07. The lowest BCUT2D eigenvalue weighted by Crippen LogP contribution is -2.39. The van der Waals surface area contributed by atoms with Crippen LogP contribution in [0.4, 0.5) is 11.8 Å². The zero-order valence-corrected chi connectivity index (χ0v) is 15.3. The molecule has 0 amide bonds. The topological polar surface area (TPSA) is 164 Å². The second-order valence-corrected chi connectivity index (χ2v) is 6.85. The summed E-state index contributed by atoms with van der Waals surface area (Å²) >= 11 is 0. The number of aliphatic hydroxyl groups is 3. The summed E-state index contributed by atoms with van der Waals surface area (Å²) in [5, 5.41) is 33.2. The van der Waals surface area contributed by atoms with Crippen LogP contribution in [0.3, 0.4) is 0 Å². The van der Waals surface area contributed by atoms with Crippen molar-refractivity contribution < 1.29 is 24.8 Å². The molecule has 154 valence electrons. The van der Waals surface area contributed by atoms with E-state index >= 15 is 0 Å². The maximum atomic E-state index is 10.5. The van der Waals surface area contributed by atoms with Gasteiger partial charge in [-0.1, -0.05) is 0 Å². The molecule has 2 aromatic heterocycles. The Kier molecular flexibility index (Phi) is 5.57. The Morgan fingerprint density at radius 3 is 2.71 bits per heavy atom. The first-order chi connectivity index (χ1) is 13.6. The van der Waals surface area contributed by atoms with Crippen LogP contribution < -0.4 is 11.1 Å². The molecule has 2 aromatic rings. The van der Waals surface area contributed by atoms with Gasteiger partial charge in [-0.2, -0.15) is 0 Å². The van der Waals surface area contributed by atoms with Gasteiger partial charge in [-0.05, 0) is 0 Å². The Morgan fingerprint density at radius 1 is 1.21 bits per heavy atom. The quantitative estimate of drug-likeness (QED) is 0.359. The van der Waals surface area contributed by atoms with Crippen molar-refractivity contribution in [3.63, 3.8) is 0 Å². The second-order valence-electron chi connectivity index (χ2n) is 6.85. The van der Waals surface area contributed by atoms with Crippen LogP contribution in [0.25, 0.3) is 11.2 Å². The summed E-state index contributed by atoms with van der Waals surface area (Å²) in [6.45, 7) is 4.12. The van der Waals surface area contributed by atoms with Crippen molar-refractivity contribution in [1.82, 2.24) is 24.4 Å². The van der Waals surface area contributed by atoms with Crippen LogP contribution >= 0.6 is 0 Å². The van der Waals surface area contributed by atoms with E-state index in [-0.39, 0.29) is 5.82 Å². The number of anilines is 2. The minimum Gasteiger partial charge on any atom is -0.394 e. The number of hydrogen-bond donors (Lipinski definition) is 5. The van der Waals surface area contributed by atoms with Crippen LogP contribution in [-0.2, 0) is 9.47 Å². The van der Waals surface area contributed by atoms with Gasteiger partial charge in [0.1, 0.15) is 24.6 Å². The van der Waals surface area contributed by atoms with Gasteiger partial charge in [0.15, 0.2) is 23.2 Å². The molecule has 0 radical (unpaired) electrons. The molecule has 4 rings (SSSR count). The average Bonchev–Trinajstić information content (AvgIpc) is 3.21. The van der Waals surface area contributed by atoms with E-state index in [4.69, 9.17) is 15.2 Å². The van der Waals surface area contributed by atoms with Gasteiger partial charge in [0.05, 0.1) is 19.8 Å². The third kappa shape index (κ3) is 3.50. The van der Waals surface area contributed by atoms with Gasteiger partial charge in [0, 0.05) is 26.2 Å². The SMILES string of the molecule is Nc1ncnc2c1nc(NCCN1CCOCC1)n2[C@@H]1O[C@H](CO)[C@@H](O)[C@H]1O. The van der Waals surface area contributed by atoms with E-state index in [0.29, 0.717) is 36.9 Å². The maximum absolute atomic E-state index is 10.5. The van der Waals surface area contributed by atoms with E-state index < -0.39 is 31.1 Å². The lowest BCUT2D eigenvalue weighted by molar-refractivity contribution is -0.0501. The standard InChI is InChI=1S/C16H25N7O5/c17-13-10-14(20-8-19-13)23(15-12(26)11(25)9(7-24)28-15)16(21-10)18-1-2-22-3-5-27-6-4-22/h8-9,11-12,15,24-26H,1-7H2,(H,18,21)(H2,17,19,20)/t9-,11-,12-,15-/m1/s1. The second kappa shape index (κ2) is 8.11. The summed E-state index contributed by atoms with van der Waals surface area (Å²) < 4.78 is 12.6. The Balaban J connectivity index is 1.60. The monoisotopic (exact) mass is 395 g/mol. The number of imidazole rings is 1. The molecule has 0 aliphatic carbocycles. The Hall–Kier alpha value is -2.09. The van der Waals surface area contributed by atoms with E-state index in [1.54, 1.807) is 4.57 Å². The van der Waals surface area contributed by atoms with Crippen molar-refractivity contribution in [3.05, 3.63) is 6.33 Å². The molecule has 28 heavy (non-hydrogen) atoms. The van der Waals surface area contributed by atoms with Crippen LogP contribution in [0.2, 0.25) is 0 Å². The number of hydrogen-bond acceptors (Lipinski definition) is 11. The van der Waals surface area contributed by atoms with Crippen LogP contribution in [0.5, 0.6) is 0 Å². The van der Waals surface area contributed by atoms with Crippen molar-refractivity contribution >= 4 is 22.9 Å². The fourth-order valence-electron chi connectivity index (χ4n) is 3.54. The van der Waals surface area contributed by atoms with Crippen molar-refractivity contribution in [2.75, 3.05) is 57.1 Å². The Bertz CT molecular complexity index is 812. The van der Waals surface area contributed by atoms with Gasteiger partial charge in [-0.25, -0.2) is 15.0 Å². The largest absolute Gasteiger partial charge is 0.394 e. The lowest BCUT2D eigenvalue weighted by Gasteiger charge is -2.26. The molecule has 0 aromatic carbocycles. The summed E-state index contributed by atoms with van der Waals surface area (Å²) in [5.74, 6) is 0.594. The first kappa shape index (κ1) is 19.2. The molecule has 2 saturated heterocycles. The summed E-state index contributed by atoms with van der Waals surface area (Å²) in [5.41, 5.74) is 6.67. The molecule has 2 aliphatic rings. The third-order valence-electron chi connectivity index (χ3n) is 5.09. The van der Waals surface area contributed by atoms with Gasteiger partial charge in [-0.15, -0.1) is 0 Å². The van der Waals surface area contributed by atoms with Crippen molar-refractivity contribution in [3.8, 4) is 0 Å². The molecule has 2 aliphatic heterocycles. The summed E-state index contributed by atoms with van der Waals surface area (Å²) in [6, 6.07) is 0. The molecule has 0 bridgehead atoms. The number of morpholine rings is 1. The highest BCUT2D eigenvalue weighted by molar-refractivity contribution is 5.84. The average molecular weight is 395 g/mol. The Morgan fingerprint density at radius 2 is 2.00 bits per heavy atom. The van der Waals surface area contributed by atoms with Crippen LogP contribution in [-0.4, -0.2) is 104 Å². The van der Waals surface area contributed by atoms with E-state index in [1.165, 1.54) is 6.33 Å². The number of aromatic nitrogens is 4. The zero-order valence-electron chi connectivity index (χ0n) is 15.3. The van der Waals surface area contributed by atoms with Gasteiger partial charge >= 0.3 is 0 Å². The van der Waals surface area contributed by atoms with Crippen molar-refractivity contribution in [1.29, 1.82) is 0 Å². The third-order valence-corrected chi connectivity index (χ3v) is 5.09. The molecule has 2 fully saturated rings. The van der Waals surface area contributed by atoms with Crippen LogP contribution in [0.15, 0.2) is 6.33 Å². The first-order valence-electron chi connectivity index (χ1n) is 9.25. The normalized spacial score (nSPS) is 28.8. The minimum absolute atomic E-state index is 0.201. The summed E-state index contributed by atoms with van der Waals surface area (Å²) in [4.78, 5) is 14.9. The lowest BCUT2D eigenvalue weighted by atomic mass is 10.1. The molecule has 0 unspecified atom stereocenters. The Labute approximate surface area is 160 Å². The smallest absolute Gasteiger partial charge is 0.207 e. The number of nitrogens with two attached hydrogens (primary N) is 1. The summed E-state index contributed by atoms with van der Waals surface area (Å²) in [7, 11) is 0. The van der Waals surface area contributed by atoms with Crippen molar-refractivity contribution in [2.24, 2.45) is 0 Å². The molecule has 12 nitrogen and oxygen atoms in total. The first-order valence-corrected chi connectivity index (χ1v) is 9.25. The number of fused-ring (bicyclic) bond motifs is 1. The molecule has 4 heterocycles.